The van der Waals surface area contributed by atoms with Gasteiger partial charge in [0.05, 0.1) is 5.56 Å². The number of phenols is 1. The Bertz CT molecular complexity index is 1010. The van der Waals surface area contributed by atoms with Crippen molar-refractivity contribution in [3.8, 4) is 11.5 Å². The van der Waals surface area contributed by atoms with E-state index in [1.165, 1.54) is 42.5 Å². The standard InChI is InChI=1S/C18H12F2O6/c19-18(20)25-13-3-1-2-10(6-13)17(23)24-9-11-7-16(22)26-15-8-12(21)4-5-14(11)15/h1-8,18,21H,9H2. The minimum atomic E-state index is -3.01. The number of rotatable bonds is 5. The average molecular weight is 362 g/mol. The lowest BCUT2D eigenvalue weighted by Crippen LogP contribution is -2.09. The maximum absolute atomic E-state index is 12.2. The minimum Gasteiger partial charge on any atom is -0.508 e. The molecule has 0 atom stereocenters. The van der Waals surface area contributed by atoms with Crippen molar-refractivity contribution >= 4 is 16.9 Å². The highest BCUT2D eigenvalue weighted by atomic mass is 19.3. The largest absolute Gasteiger partial charge is 0.508 e. The number of phenolic OH excluding ortho intramolecular Hbond substituents is 1. The third-order valence-electron chi connectivity index (χ3n) is 3.47. The van der Waals surface area contributed by atoms with Gasteiger partial charge in [-0.15, -0.1) is 0 Å². The number of carbonyl (C=O) groups excluding carboxylic acids is 1. The molecule has 26 heavy (non-hydrogen) atoms. The Morgan fingerprint density at radius 2 is 1.96 bits per heavy atom. The van der Waals surface area contributed by atoms with Gasteiger partial charge in [0.1, 0.15) is 23.7 Å². The fourth-order valence-electron chi connectivity index (χ4n) is 2.36. The number of fused-ring (bicyclic) bond motifs is 1. The normalized spacial score (nSPS) is 10.9. The first-order valence-electron chi connectivity index (χ1n) is 7.40. The van der Waals surface area contributed by atoms with Crippen molar-refractivity contribution in [2.75, 3.05) is 0 Å². The molecule has 0 aliphatic carbocycles. The van der Waals surface area contributed by atoms with Gasteiger partial charge in [0.2, 0.25) is 0 Å². The summed E-state index contributed by atoms with van der Waals surface area (Å²) in [4.78, 5) is 23.7. The van der Waals surface area contributed by atoms with Gasteiger partial charge in [-0.1, -0.05) is 6.07 Å². The van der Waals surface area contributed by atoms with Gasteiger partial charge >= 0.3 is 18.2 Å². The first-order chi connectivity index (χ1) is 12.4. The number of hydrogen-bond acceptors (Lipinski definition) is 6. The van der Waals surface area contributed by atoms with Gasteiger partial charge < -0.3 is 19.0 Å². The van der Waals surface area contributed by atoms with E-state index in [-0.39, 0.29) is 29.3 Å². The molecule has 0 saturated heterocycles. The number of hydrogen-bond donors (Lipinski definition) is 1. The lowest BCUT2D eigenvalue weighted by Gasteiger charge is -2.09. The quantitative estimate of drug-likeness (QED) is 0.553. The van der Waals surface area contributed by atoms with Crippen molar-refractivity contribution in [3.63, 3.8) is 0 Å². The second-order valence-electron chi connectivity index (χ2n) is 5.25. The Balaban J connectivity index is 1.80. The molecular formula is C18H12F2O6. The van der Waals surface area contributed by atoms with E-state index in [0.29, 0.717) is 10.9 Å². The molecule has 0 amide bonds. The summed E-state index contributed by atoms with van der Waals surface area (Å²) in [6, 6.07) is 10.5. The summed E-state index contributed by atoms with van der Waals surface area (Å²) in [5.74, 6) is -1.02. The molecule has 6 nitrogen and oxygen atoms in total. The Hall–Kier alpha value is -3.42. The van der Waals surface area contributed by atoms with Crippen molar-refractivity contribution in [1.82, 2.24) is 0 Å². The van der Waals surface area contributed by atoms with Crippen molar-refractivity contribution in [1.29, 1.82) is 0 Å². The molecule has 1 heterocycles. The van der Waals surface area contributed by atoms with E-state index in [4.69, 9.17) is 9.15 Å². The molecule has 0 aliphatic rings. The van der Waals surface area contributed by atoms with Crippen LogP contribution in [0.1, 0.15) is 15.9 Å². The lowest BCUT2D eigenvalue weighted by molar-refractivity contribution is -0.0499. The monoisotopic (exact) mass is 362 g/mol. The number of ether oxygens (including phenoxy) is 2. The summed E-state index contributed by atoms with van der Waals surface area (Å²) in [6.45, 7) is -3.25. The summed E-state index contributed by atoms with van der Waals surface area (Å²) in [6.07, 6.45) is 0. The first kappa shape index (κ1) is 17.4. The van der Waals surface area contributed by atoms with Crippen LogP contribution in [0, 0.1) is 0 Å². The van der Waals surface area contributed by atoms with E-state index in [1.807, 2.05) is 0 Å². The zero-order valence-corrected chi connectivity index (χ0v) is 13.1. The third kappa shape index (κ3) is 3.97. The minimum absolute atomic E-state index is 0.0214. The highest BCUT2D eigenvalue weighted by molar-refractivity contribution is 5.90. The number of carbonyl (C=O) groups is 1. The van der Waals surface area contributed by atoms with E-state index in [1.54, 1.807) is 0 Å². The molecule has 2 aromatic carbocycles. The van der Waals surface area contributed by atoms with Crippen LogP contribution >= 0.6 is 0 Å². The molecule has 0 saturated carbocycles. The maximum atomic E-state index is 12.2. The fourth-order valence-corrected chi connectivity index (χ4v) is 2.36. The summed E-state index contributed by atoms with van der Waals surface area (Å²) in [7, 11) is 0. The van der Waals surface area contributed by atoms with Crippen LogP contribution in [0.3, 0.4) is 0 Å². The predicted octanol–water partition coefficient (Wildman–Crippen LogP) is 3.46. The van der Waals surface area contributed by atoms with E-state index in [2.05, 4.69) is 4.74 Å². The van der Waals surface area contributed by atoms with Gasteiger partial charge in [0.15, 0.2) is 0 Å². The van der Waals surface area contributed by atoms with E-state index < -0.39 is 18.2 Å². The third-order valence-corrected chi connectivity index (χ3v) is 3.47. The van der Waals surface area contributed by atoms with Crippen LogP contribution < -0.4 is 10.4 Å². The molecule has 0 unspecified atom stereocenters. The molecule has 0 fully saturated rings. The molecule has 3 aromatic rings. The smallest absolute Gasteiger partial charge is 0.387 e. The van der Waals surface area contributed by atoms with Crippen molar-refractivity contribution in [2.45, 2.75) is 13.2 Å². The zero-order chi connectivity index (χ0) is 18.7. The van der Waals surface area contributed by atoms with Gasteiger partial charge in [-0.2, -0.15) is 8.78 Å². The highest BCUT2D eigenvalue weighted by Crippen LogP contribution is 2.23. The predicted molar refractivity (Wildman–Crippen MR) is 86.3 cm³/mol. The van der Waals surface area contributed by atoms with Crippen LogP contribution in [0.4, 0.5) is 8.78 Å². The van der Waals surface area contributed by atoms with Crippen LogP contribution in [-0.4, -0.2) is 17.7 Å². The molecule has 0 aliphatic heterocycles. The molecule has 1 aromatic heterocycles. The second-order valence-corrected chi connectivity index (χ2v) is 5.25. The van der Waals surface area contributed by atoms with Crippen molar-refractivity contribution < 1.29 is 32.6 Å². The maximum Gasteiger partial charge on any atom is 0.387 e. The van der Waals surface area contributed by atoms with Gasteiger partial charge in [0.25, 0.3) is 0 Å². The molecule has 134 valence electrons. The molecule has 3 rings (SSSR count). The number of alkyl halides is 2. The first-order valence-corrected chi connectivity index (χ1v) is 7.40. The molecule has 1 N–H and O–H groups in total. The molecule has 0 spiro atoms. The Morgan fingerprint density at radius 3 is 2.73 bits per heavy atom. The number of esters is 1. The lowest BCUT2D eigenvalue weighted by atomic mass is 10.1. The second kappa shape index (κ2) is 7.22. The Kier molecular flexibility index (Phi) is 4.83. The highest BCUT2D eigenvalue weighted by Gasteiger charge is 2.13. The topological polar surface area (TPSA) is 86.0 Å². The van der Waals surface area contributed by atoms with Crippen LogP contribution in [0.15, 0.2) is 57.7 Å². The number of halogens is 2. The summed E-state index contributed by atoms with van der Waals surface area (Å²) >= 11 is 0. The van der Waals surface area contributed by atoms with Crippen LogP contribution in [0.2, 0.25) is 0 Å². The van der Waals surface area contributed by atoms with Gasteiger partial charge in [-0.25, -0.2) is 9.59 Å². The van der Waals surface area contributed by atoms with E-state index in [9.17, 15) is 23.5 Å². The average Bonchev–Trinajstić information content (AvgIpc) is 2.58. The zero-order valence-electron chi connectivity index (χ0n) is 13.1. The van der Waals surface area contributed by atoms with Crippen molar-refractivity contribution in [3.05, 3.63) is 70.1 Å². The Labute approximate surface area is 145 Å². The van der Waals surface area contributed by atoms with Crippen LogP contribution in [0.25, 0.3) is 11.0 Å². The Morgan fingerprint density at radius 1 is 1.15 bits per heavy atom. The summed E-state index contributed by atoms with van der Waals surface area (Å²) in [5, 5.41) is 9.95. The summed E-state index contributed by atoms with van der Waals surface area (Å²) in [5.41, 5.74) is -0.116. The molecule has 0 bridgehead atoms. The van der Waals surface area contributed by atoms with E-state index in [0.717, 1.165) is 6.07 Å². The molecule has 0 radical (unpaired) electrons. The van der Waals surface area contributed by atoms with Crippen molar-refractivity contribution in [2.24, 2.45) is 0 Å². The van der Waals surface area contributed by atoms with Gasteiger partial charge in [-0.3, -0.25) is 0 Å². The SMILES string of the molecule is O=C(OCc1cc(=O)oc2cc(O)ccc12)c1cccc(OC(F)F)c1. The molecular weight excluding hydrogens is 350 g/mol. The number of aromatic hydroxyl groups is 1. The van der Waals surface area contributed by atoms with Gasteiger partial charge in [0, 0.05) is 23.1 Å². The van der Waals surface area contributed by atoms with Crippen LogP contribution in [-0.2, 0) is 11.3 Å². The van der Waals surface area contributed by atoms with E-state index >= 15 is 0 Å². The van der Waals surface area contributed by atoms with Crippen LogP contribution in [0.5, 0.6) is 11.5 Å². The summed E-state index contributed by atoms with van der Waals surface area (Å²) < 4.78 is 38.8. The fraction of sp³-hybridized carbons (Fsp3) is 0.111. The number of benzene rings is 2. The van der Waals surface area contributed by atoms with Gasteiger partial charge in [-0.05, 0) is 30.3 Å². The molecule has 8 heteroatoms.